The van der Waals surface area contributed by atoms with Crippen molar-refractivity contribution in [1.29, 1.82) is 0 Å². The third-order valence-corrected chi connectivity index (χ3v) is 4.31. The minimum Gasteiger partial charge on any atom is -0.497 e. The number of benzene rings is 1. The molecule has 1 aliphatic heterocycles. The van der Waals surface area contributed by atoms with Gasteiger partial charge in [-0.15, -0.1) is 0 Å². The molecule has 106 valence electrons. The van der Waals surface area contributed by atoms with Crippen LogP contribution in [0.5, 0.6) is 5.75 Å². The Bertz CT molecular complexity index is 550. The molecule has 2 aliphatic rings. The molecule has 5 heteroatoms. The Kier molecular flexibility index (Phi) is 3.12. The van der Waals surface area contributed by atoms with Crippen molar-refractivity contribution in [2.75, 3.05) is 7.11 Å². The van der Waals surface area contributed by atoms with Crippen molar-refractivity contribution in [2.24, 2.45) is 0 Å². The average molecular weight is 274 g/mol. The second-order valence-electron chi connectivity index (χ2n) is 5.44. The first-order valence-corrected chi connectivity index (χ1v) is 6.92. The third-order valence-electron chi connectivity index (χ3n) is 4.31. The summed E-state index contributed by atoms with van der Waals surface area (Å²) in [7, 11) is 1.61. The summed E-state index contributed by atoms with van der Waals surface area (Å²) < 4.78 is 5.20. The number of urea groups is 1. The summed E-state index contributed by atoms with van der Waals surface area (Å²) in [5.74, 6) is 0.622. The maximum atomic E-state index is 12.1. The van der Waals surface area contributed by atoms with Gasteiger partial charge in [0.25, 0.3) is 5.91 Å². The van der Waals surface area contributed by atoms with Crippen LogP contribution in [0.2, 0.25) is 0 Å². The van der Waals surface area contributed by atoms with Crippen LogP contribution >= 0.6 is 0 Å². The van der Waals surface area contributed by atoms with Crippen LogP contribution in [-0.2, 0) is 11.3 Å². The molecule has 0 unspecified atom stereocenters. The zero-order valence-corrected chi connectivity index (χ0v) is 11.5. The molecule has 3 rings (SSSR count). The predicted octanol–water partition coefficient (Wildman–Crippen LogP) is 2.06. The minimum absolute atomic E-state index is 0.136. The van der Waals surface area contributed by atoms with E-state index in [1.165, 1.54) is 0 Å². The molecule has 3 amide bonds. The molecule has 0 radical (unpaired) electrons. The Morgan fingerprint density at radius 3 is 2.75 bits per heavy atom. The van der Waals surface area contributed by atoms with Crippen molar-refractivity contribution in [1.82, 2.24) is 10.2 Å². The van der Waals surface area contributed by atoms with Crippen LogP contribution in [0.15, 0.2) is 24.3 Å². The van der Waals surface area contributed by atoms with E-state index in [-0.39, 0.29) is 11.9 Å². The lowest BCUT2D eigenvalue weighted by atomic mass is 9.95. The summed E-state index contributed by atoms with van der Waals surface area (Å²) in [5.41, 5.74) is 0.348. The molecular formula is C15H18N2O3. The first kappa shape index (κ1) is 13.0. The summed E-state index contributed by atoms with van der Waals surface area (Å²) in [6.07, 6.45) is 3.51. The minimum atomic E-state index is -0.625. The van der Waals surface area contributed by atoms with Crippen molar-refractivity contribution in [3.8, 4) is 5.75 Å². The Labute approximate surface area is 117 Å². The van der Waals surface area contributed by atoms with Gasteiger partial charge in [0.2, 0.25) is 0 Å². The van der Waals surface area contributed by atoms with E-state index in [9.17, 15) is 9.59 Å². The van der Waals surface area contributed by atoms with Gasteiger partial charge >= 0.3 is 6.03 Å². The lowest BCUT2D eigenvalue weighted by molar-refractivity contribution is -0.126. The van der Waals surface area contributed by atoms with Crippen LogP contribution in [0.3, 0.4) is 0 Å². The van der Waals surface area contributed by atoms with Gasteiger partial charge in [0.1, 0.15) is 11.3 Å². The Morgan fingerprint density at radius 2 is 2.05 bits per heavy atom. The second kappa shape index (κ2) is 4.81. The van der Waals surface area contributed by atoms with E-state index in [0.29, 0.717) is 6.54 Å². The smallest absolute Gasteiger partial charge is 0.325 e. The molecule has 5 nitrogen and oxygen atoms in total. The molecule has 1 aromatic carbocycles. The Balaban J connectivity index is 1.88. The van der Waals surface area contributed by atoms with E-state index >= 15 is 0 Å². The SMILES string of the molecule is COc1cccc(CN2C(=O)NC(=O)C23CCCC3)c1. The molecular weight excluding hydrogens is 256 g/mol. The number of hydrogen-bond acceptors (Lipinski definition) is 3. The molecule has 1 aromatic rings. The highest BCUT2D eigenvalue weighted by Crippen LogP contribution is 2.39. The number of nitrogens with one attached hydrogen (secondary N) is 1. The first-order valence-electron chi connectivity index (χ1n) is 6.92. The van der Waals surface area contributed by atoms with Crippen LogP contribution in [0.4, 0.5) is 4.79 Å². The van der Waals surface area contributed by atoms with Gasteiger partial charge in [-0.05, 0) is 30.5 Å². The molecule has 1 aliphatic carbocycles. The number of carbonyl (C=O) groups is 2. The molecule has 0 bridgehead atoms. The summed E-state index contributed by atoms with van der Waals surface area (Å²) in [4.78, 5) is 25.9. The normalized spacial score (nSPS) is 20.6. The number of hydrogen-bond donors (Lipinski definition) is 1. The molecule has 20 heavy (non-hydrogen) atoms. The predicted molar refractivity (Wildman–Crippen MR) is 73.3 cm³/mol. The summed E-state index contributed by atoms with van der Waals surface area (Å²) in [6.45, 7) is 0.439. The topological polar surface area (TPSA) is 58.6 Å². The number of methoxy groups -OCH3 is 1. The van der Waals surface area contributed by atoms with Crippen LogP contribution in [0.25, 0.3) is 0 Å². The number of carbonyl (C=O) groups excluding carboxylic acids is 2. The molecule has 0 aromatic heterocycles. The van der Waals surface area contributed by atoms with Crippen LogP contribution in [0.1, 0.15) is 31.2 Å². The molecule has 2 fully saturated rings. The summed E-state index contributed by atoms with van der Waals surface area (Å²) in [5, 5.41) is 2.47. The number of amides is 3. The molecule has 1 N–H and O–H groups in total. The van der Waals surface area contributed by atoms with Gasteiger partial charge in [-0.25, -0.2) is 4.79 Å². The number of ether oxygens (including phenoxy) is 1. The van der Waals surface area contributed by atoms with E-state index < -0.39 is 5.54 Å². The second-order valence-corrected chi connectivity index (χ2v) is 5.44. The first-order chi connectivity index (χ1) is 9.65. The Hall–Kier alpha value is -2.04. The molecule has 1 spiro atoms. The quantitative estimate of drug-likeness (QED) is 0.858. The number of nitrogens with zero attached hydrogens (tertiary/aromatic N) is 1. The monoisotopic (exact) mass is 274 g/mol. The highest BCUT2D eigenvalue weighted by atomic mass is 16.5. The van der Waals surface area contributed by atoms with Crippen molar-refractivity contribution in [2.45, 2.75) is 37.8 Å². The summed E-state index contributed by atoms with van der Waals surface area (Å²) in [6, 6.07) is 7.33. The van der Waals surface area contributed by atoms with Crippen molar-refractivity contribution in [3.63, 3.8) is 0 Å². The van der Waals surface area contributed by atoms with Gasteiger partial charge in [-0.3, -0.25) is 10.1 Å². The van der Waals surface area contributed by atoms with E-state index in [1.54, 1.807) is 12.0 Å². The van der Waals surface area contributed by atoms with Gasteiger partial charge in [0.15, 0.2) is 0 Å². The van der Waals surface area contributed by atoms with Gasteiger partial charge in [0.05, 0.1) is 7.11 Å². The van der Waals surface area contributed by atoms with Crippen LogP contribution < -0.4 is 10.1 Å². The maximum Gasteiger partial charge on any atom is 0.325 e. The van der Waals surface area contributed by atoms with Gasteiger partial charge in [0, 0.05) is 6.54 Å². The van der Waals surface area contributed by atoms with Gasteiger partial charge in [-0.1, -0.05) is 25.0 Å². The highest BCUT2D eigenvalue weighted by Gasteiger charge is 2.53. The fraction of sp³-hybridized carbons (Fsp3) is 0.467. The van der Waals surface area contributed by atoms with E-state index in [0.717, 1.165) is 37.0 Å². The fourth-order valence-electron chi connectivity index (χ4n) is 3.23. The zero-order chi connectivity index (χ0) is 14.2. The van der Waals surface area contributed by atoms with E-state index in [1.807, 2.05) is 24.3 Å². The van der Waals surface area contributed by atoms with E-state index in [4.69, 9.17) is 4.74 Å². The third kappa shape index (κ3) is 1.94. The van der Waals surface area contributed by atoms with Gasteiger partial charge in [-0.2, -0.15) is 0 Å². The van der Waals surface area contributed by atoms with Crippen molar-refractivity contribution < 1.29 is 14.3 Å². The van der Waals surface area contributed by atoms with Crippen molar-refractivity contribution in [3.05, 3.63) is 29.8 Å². The summed E-state index contributed by atoms with van der Waals surface area (Å²) >= 11 is 0. The van der Waals surface area contributed by atoms with Crippen LogP contribution in [0, 0.1) is 0 Å². The molecule has 0 atom stereocenters. The number of imide groups is 1. The molecule has 1 heterocycles. The number of rotatable bonds is 3. The zero-order valence-electron chi connectivity index (χ0n) is 11.5. The fourth-order valence-corrected chi connectivity index (χ4v) is 3.23. The van der Waals surface area contributed by atoms with Crippen molar-refractivity contribution >= 4 is 11.9 Å². The van der Waals surface area contributed by atoms with E-state index in [2.05, 4.69) is 5.32 Å². The lowest BCUT2D eigenvalue weighted by Crippen LogP contribution is -2.46. The van der Waals surface area contributed by atoms with Crippen LogP contribution in [-0.4, -0.2) is 29.5 Å². The lowest BCUT2D eigenvalue weighted by Gasteiger charge is -2.31. The largest absolute Gasteiger partial charge is 0.497 e. The Morgan fingerprint density at radius 1 is 1.30 bits per heavy atom. The average Bonchev–Trinajstić information content (AvgIpc) is 3.02. The molecule has 1 saturated heterocycles. The molecule has 1 saturated carbocycles. The maximum absolute atomic E-state index is 12.1. The highest BCUT2D eigenvalue weighted by molar-refractivity contribution is 6.07. The van der Waals surface area contributed by atoms with Gasteiger partial charge < -0.3 is 9.64 Å². The standard InChI is InChI=1S/C15H18N2O3/c1-20-12-6-4-5-11(9-12)10-17-14(19)16-13(18)15(17)7-2-3-8-15/h4-6,9H,2-3,7-8,10H2,1H3,(H,16,18,19).